The molecule has 0 aromatic heterocycles. The Labute approximate surface area is 327 Å². The number of amides is 3. The minimum Gasteiger partial charge on any atom is -0.481 e. The number of carboxylic acids is 1. The van der Waals surface area contributed by atoms with Gasteiger partial charge in [-0.2, -0.15) is 0 Å². The topological polar surface area (TPSA) is 173 Å². The lowest BCUT2D eigenvalue weighted by molar-refractivity contribution is -0.137. The summed E-state index contributed by atoms with van der Waals surface area (Å²) in [6.45, 7) is 30.5. The van der Waals surface area contributed by atoms with Crippen LogP contribution in [0.3, 0.4) is 0 Å². The van der Waals surface area contributed by atoms with Crippen LogP contribution >= 0.6 is 0 Å². The summed E-state index contributed by atoms with van der Waals surface area (Å²) in [6.07, 6.45) is 5.52. The molecule has 1 aromatic carbocycles. The normalized spacial score (nSPS) is 13.4. The zero-order chi connectivity index (χ0) is 41.6. The van der Waals surface area contributed by atoms with Crippen LogP contribution in [-0.4, -0.2) is 73.6 Å². The van der Waals surface area contributed by atoms with E-state index in [1.165, 1.54) is 12.0 Å². The molecule has 1 aromatic rings. The van der Waals surface area contributed by atoms with Crippen LogP contribution in [0.4, 0.5) is 0 Å². The number of nitrogens with one attached hydrogen (secondary N) is 7. The maximum atomic E-state index is 12.9. The van der Waals surface area contributed by atoms with E-state index in [-0.39, 0.29) is 30.2 Å². The first-order valence-corrected chi connectivity index (χ1v) is 19.8. The molecule has 0 spiro atoms. The number of hydrogen-bond acceptors (Lipinski definition) is 8. The minimum absolute atomic E-state index is 0.0462. The molecule has 12 heteroatoms. The molecule has 8 N–H and O–H groups in total. The van der Waals surface area contributed by atoms with Crippen LogP contribution < -0.4 is 37.2 Å². The Balaban J connectivity index is 0. The molecule has 0 saturated carbocycles. The third-order valence-electron chi connectivity index (χ3n) is 8.54. The third kappa shape index (κ3) is 26.8. The van der Waals surface area contributed by atoms with Crippen molar-refractivity contribution >= 4 is 24.2 Å². The van der Waals surface area contributed by atoms with Crippen molar-refractivity contribution in [3.05, 3.63) is 59.9 Å². The highest BCUT2D eigenvalue weighted by atomic mass is 16.4. The van der Waals surface area contributed by atoms with Gasteiger partial charge in [-0.15, -0.1) is 0 Å². The van der Waals surface area contributed by atoms with Gasteiger partial charge in [0.1, 0.15) is 6.04 Å². The molecule has 310 valence electrons. The summed E-state index contributed by atoms with van der Waals surface area (Å²) in [5, 5.41) is 29.9. The first-order valence-electron chi connectivity index (χ1n) is 19.8. The summed E-state index contributed by atoms with van der Waals surface area (Å²) >= 11 is 0. The zero-order valence-corrected chi connectivity index (χ0v) is 35.5. The molecule has 1 rings (SSSR count). The molecule has 0 radical (unpaired) electrons. The maximum Gasteiger partial charge on any atom is 0.303 e. The van der Waals surface area contributed by atoms with Gasteiger partial charge in [0.2, 0.25) is 18.2 Å². The monoisotopic (exact) mass is 760 g/mol. The van der Waals surface area contributed by atoms with Gasteiger partial charge in [0.25, 0.3) is 0 Å². The molecule has 0 heterocycles. The van der Waals surface area contributed by atoms with Crippen LogP contribution in [0.5, 0.6) is 0 Å². The second-order valence-corrected chi connectivity index (χ2v) is 14.9. The Hall–Kier alpha value is -3.90. The van der Waals surface area contributed by atoms with E-state index in [1.54, 1.807) is 6.92 Å². The van der Waals surface area contributed by atoms with Gasteiger partial charge in [-0.1, -0.05) is 106 Å². The van der Waals surface area contributed by atoms with E-state index in [0.29, 0.717) is 56.0 Å². The fourth-order valence-electron chi connectivity index (χ4n) is 5.11. The van der Waals surface area contributed by atoms with Crippen molar-refractivity contribution in [2.45, 2.75) is 145 Å². The van der Waals surface area contributed by atoms with E-state index < -0.39 is 18.1 Å². The van der Waals surface area contributed by atoms with Crippen molar-refractivity contribution in [3.63, 3.8) is 0 Å². The Morgan fingerprint density at radius 1 is 0.815 bits per heavy atom. The molecule has 3 unspecified atom stereocenters. The molecule has 0 aliphatic carbocycles. The van der Waals surface area contributed by atoms with Crippen LogP contribution in [-0.2, 0) is 32.3 Å². The number of aliphatic carboxylic acids is 1. The molecular formula is C42H77N7O5. The first-order chi connectivity index (χ1) is 25.4. The van der Waals surface area contributed by atoms with Gasteiger partial charge < -0.3 is 42.3 Å². The lowest BCUT2D eigenvalue weighted by Crippen LogP contribution is -2.55. The van der Waals surface area contributed by atoms with E-state index in [9.17, 15) is 19.2 Å². The SMILES string of the molecule is C=C(CCCC(=O)O)NC(C)[C@@H](C)CC.C=C(CNC=O)NC(CN[C@@H](C)C(=O)NC(C(=O)NCc1ccc(CNC)cc1)C(C)C)CC(C)C.CCC. The van der Waals surface area contributed by atoms with Crippen molar-refractivity contribution in [2.75, 3.05) is 20.1 Å². The van der Waals surface area contributed by atoms with Gasteiger partial charge in [0, 0.05) is 49.5 Å². The van der Waals surface area contributed by atoms with Crippen LogP contribution in [0.2, 0.25) is 0 Å². The van der Waals surface area contributed by atoms with Crippen LogP contribution in [0.1, 0.15) is 119 Å². The number of rotatable bonds is 26. The first kappa shape index (κ1) is 52.2. The summed E-state index contributed by atoms with van der Waals surface area (Å²) in [5.74, 6) is -0.191. The predicted octanol–water partition coefficient (Wildman–Crippen LogP) is 5.60. The molecule has 0 aliphatic rings. The van der Waals surface area contributed by atoms with Gasteiger partial charge in [0.15, 0.2) is 0 Å². The molecule has 54 heavy (non-hydrogen) atoms. The standard InChI is InChI=1S/C27H46N6O3.C12H23NO2.C3H8/c1-18(2)12-24(32-20(5)13-29-17-34)16-30-21(6)26(35)33-25(19(3)4)27(36)31-15-23-10-8-22(9-11-23)14-28-7;1-5-9(2)11(4)13-10(3)7-6-8-12(14)15;1-3-2/h8-11,17-19,21,24-25,28,30,32H,5,12-16H2,1-4,6-7H3,(H,29,34)(H,31,36)(H,33,35);9,11,13H,3,5-8H2,1-2,4H3,(H,14,15);3H2,1-2H3/t21-,24?,25?;9-,11?;/m00./s1. The maximum absolute atomic E-state index is 12.9. The fraction of sp³-hybridized carbons (Fsp3) is 0.667. The van der Waals surface area contributed by atoms with E-state index in [2.05, 4.69) is 98.8 Å². The summed E-state index contributed by atoms with van der Waals surface area (Å²) < 4.78 is 0. The van der Waals surface area contributed by atoms with Crippen molar-refractivity contribution in [2.24, 2.45) is 17.8 Å². The van der Waals surface area contributed by atoms with E-state index in [0.717, 1.165) is 37.1 Å². The molecule has 0 aliphatic heterocycles. The van der Waals surface area contributed by atoms with Crippen LogP contribution in [0.15, 0.2) is 48.8 Å². The lowest BCUT2D eigenvalue weighted by Gasteiger charge is -2.27. The van der Waals surface area contributed by atoms with Gasteiger partial charge in [-0.05, 0) is 69.0 Å². The Bertz CT molecular complexity index is 1210. The molecule has 0 bridgehead atoms. The highest BCUT2D eigenvalue weighted by Crippen LogP contribution is 2.11. The molecule has 0 fully saturated rings. The summed E-state index contributed by atoms with van der Waals surface area (Å²) in [7, 11) is 1.90. The predicted molar refractivity (Wildman–Crippen MR) is 224 cm³/mol. The average Bonchev–Trinajstić information content (AvgIpc) is 3.11. The summed E-state index contributed by atoms with van der Waals surface area (Å²) in [6, 6.07) is 7.38. The Kier molecular flexibility index (Phi) is 30.4. The second kappa shape index (κ2) is 31.5. The molecular weight excluding hydrogens is 683 g/mol. The smallest absolute Gasteiger partial charge is 0.303 e. The summed E-state index contributed by atoms with van der Waals surface area (Å²) in [4.78, 5) is 46.6. The Morgan fingerprint density at radius 3 is 1.87 bits per heavy atom. The number of allylic oxidation sites excluding steroid dienone is 1. The van der Waals surface area contributed by atoms with Gasteiger partial charge in [-0.3, -0.25) is 19.2 Å². The summed E-state index contributed by atoms with van der Waals surface area (Å²) in [5.41, 5.74) is 3.83. The van der Waals surface area contributed by atoms with Crippen LogP contribution in [0.25, 0.3) is 0 Å². The molecule has 3 amide bonds. The van der Waals surface area contributed by atoms with Crippen molar-refractivity contribution in [1.82, 2.24) is 37.2 Å². The number of benzene rings is 1. The quantitative estimate of drug-likeness (QED) is 0.0560. The highest BCUT2D eigenvalue weighted by Gasteiger charge is 2.26. The largest absolute Gasteiger partial charge is 0.481 e. The highest BCUT2D eigenvalue weighted by molar-refractivity contribution is 5.89. The van der Waals surface area contributed by atoms with E-state index in [4.69, 9.17) is 5.11 Å². The Morgan fingerprint density at radius 2 is 1.39 bits per heavy atom. The van der Waals surface area contributed by atoms with Gasteiger partial charge in [0.05, 0.1) is 12.6 Å². The van der Waals surface area contributed by atoms with Gasteiger partial charge >= 0.3 is 5.97 Å². The van der Waals surface area contributed by atoms with Crippen molar-refractivity contribution < 1.29 is 24.3 Å². The van der Waals surface area contributed by atoms with E-state index >= 15 is 0 Å². The van der Waals surface area contributed by atoms with Crippen molar-refractivity contribution in [3.8, 4) is 0 Å². The zero-order valence-electron chi connectivity index (χ0n) is 35.5. The minimum atomic E-state index is -0.738. The average molecular weight is 760 g/mol. The van der Waals surface area contributed by atoms with Gasteiger partial charge in [-0.25, -0.2) is 0 Å². The van der Waals surface area contributed by atoms with Crippen LogP contribution in [0, 0.1) is 17.8 Å². The number of carboxylic acid groups (broad SMARTS) is 1. The molecule has 0 saturated heterocycles. The second-order valence-electron chi connectivity index (χ2n) is 14.9. The number of carbonyl (C=O) groups excluding carboxylic acids is 3. The van der Waals surface area contributed by atoms with Crippen molar-refractivity contribution in [1.29, 1.82) is 0 Å². The fourth-order valence-corrected chi connectivity index (χ4v) is 5.11. The lowest BCUT2D eigenvalue weighted by atomic mass is 10.0. The molecule has 12 nitrogen and oxygen atoms in total. The van der Waals surface area contributed by atoms with E-state index in [1.807, 2.05) is 45.2 Å². The number of carbonyl (C=O) groups is 4. The molecule has 5 atom stereocenters. The number of hydrogen-bond donors (Lipinski definition) is 8. The third-order valence-corrected chi connectivity index (χ3v) is 8.54.